The molecule has 1 atom stereocenters. The Morgan fingerprint density at radius 3 is 2.39 bits per heavy atom. The summed E-state index contributed by atoms with van der Waals surface area (Å²) in [7, 11) is 3.10. The van der Waals surface area contributed by atoms with Crippen LogP contribution in [0.2, 0.25) is 0 Å². The minimum atomic E-state index is -0.359. The molecule has 1 aromatic heterocycles. The Labute approximate surface area is 105 Å². The van der Waals surface area contributed by atoms with Crippen LogP contribution in [0.3, 0.4) is 0 Å². The second-order valence-corrected chi connectivity index (χ2v) is 5.06. The van der Waals surface area contributed by atoms with Crippen molar-refractivity contribution in [3.8, 4) is 0 Å². The number of nitrogens with two attached hydrogens (primary N) is 1. The van der Waals surface area contributed by atoms with E-state index in [2.05, 4.69) is 4.99 Å². The standard InChI is InChI=1S/C12H18N4O2/c1-6(2)9(13)8-5-7-10(14-8)15(3)12(18)16(4)11(7)17/h6,9H,5,13H2,1-4H3/t9-/m0/s1. The van der Waals surface area contributed by atoms with Gasteiger partial charge in [0.15, 0.2) is 0 Å². The van der Waals surface area contributed by atoms with Crippen molar-refractivity contribution in [2.24, 2.45) is 30.7 Å². The molecule has 0 saturated carbocycles. The predicted molar refractivity (Wildman–Crippen MR) is 70.5 cm³/mol. The maximum Gasteiger partial charge on any atom is 0.332 e. The minimum Gasteiger partial charge on any atom is -0.323 e. The Balaban J connectivity index is 2.59. The predicted octanol–water partition coefficient (Wildman–Crippen LogP) is -0.304. The van der Waals surface area contributed by atoms with Gasteiger partial charge in [-0.3, -0.25) is 13.9 Å². The summed E-state index contributed by atoms with van der Waals surface area (Å²) in [5.74, 6) is 0.702. The first-order valence-corrected chi connectivity index (χ1v) is 5.96. The van der Waals surface area contributed by atoms with Crippen molar-refractivity contribution in [3.63, 3.8) is 0 Å². The zero-order valence-corrected chi connectivity index (χ0v) is 11.1. The number of hydrogen-bond acceptors (Lipinski definition) is 4. The van der Waals surface area contributed by atoms with Crippen molar-refractivity contribution in [1.82, 2.24) is 9.13 Å². The average molecular weight is 250 g/mol. The molecule has 2 heterocycles. The van der Waals surface area contributed by atoms with Gasteiger partial charge in [0, 0.05) is 32.3 Å². The van der Waals surface area contributed by atoms with Crippen molar-refractivity contribution < 1.29 is 0 Å². The molecule has 0 radical (unpaired) electrons. The van der Waals surface area contributed by atoms with Crippen LogP contribution in [0.15, 0.2) is 14.6 Å². The average Bonchev–Trinajstić information content (AvgIpc) is 2.77. The number of aromatic nitrogens is 2. The normalized spacial score (nSPS) is 15.8. The summed E-state index contributed by atoms with van der Waals surface area (Å²) in [6, 6.07) is -0.183. The molecule has 6 nitrogen and oxygen atoms in total. The Morgan fingerprint density at radius 2 is 1.83 bits per heavy atom. The fourth-order valence-corrected chi connectivity index (χ4v) is 2.13. The Morgan fingerprint density at radius 1 is 1.22 bits per heavy atom. The van der Waals surface area contributed by atoms with E-state index in [1.807, 2.05) is 13.8 Å². The van der Waals surface area contributed by atoms with E-state index in [1.54, 1.807) is 7.05 Å². The Hall–Kier alpha value is -1.69. The van der Waals surface area contributed by atoms with Crippen LogP contribution in [0.1, 0.15) is 19.4 Å². The van der Waals surface area contributed by atoms with Gasteiger partial charge in [-0.1, -0.05) is 13.8 Å². The van der Waals surface area contributed by atoms with Crippen molar-refractivity contribution in [3.05, 3.63) is 26.4 Å². The molecule has 1 aliphatic heterocycles. The third kappa shape index (κ3) is 1.73. The van der Waals surface area contributed by atoms with Gasteiger partial charge in [0.1, 0.15) is 5.82 Å². The maximum absolute atomic E-state index is 12.0. The summed E-state index contributed by atoms with van der Waals surface area (Å²) >= 11 is 0. The van der Waals surface area contributed by atoms with E-state index in [9.17, 15) is 9.59 Å². The maximum atomic E-state index is 12.0. The van der Waals surface area contributed by atoms with Crippen molar-refractivity contribution >= 4 is 11.5 Å². The Kier molecular flexibility index (Phi) is 2.98. The second-order valence-electron chi connectivity index (χ2n) is 5.06. The topological polar surface area (TPSA) is 82.4 Å². The van der Waals surface area contributed by atoms with Gasteiger partial charge in [-0.05, 0) is 5.92 Å². The van der Waals surface area contributed by atoms with Gasteiger partial charge in [0.25, 0.3) is 5.56 Å². The van der Waals surface area contributed by atoms with Gasteiger partial charge in [0.05, 0.1) is 5.56 Å². The lowest BCUT2D eigenvalue weighted by Gasteiger charge is -2.14. The molecular weight excluding hydrogens is 232 g/mol. The highest BCUT2D eigenvalue weighted by Gasteiger charge is 2.27. The highest BCUT2D eigenvalue weighted by molar-refractivity contribution is 5.97. The summed E-state index contributed by atoms with van der Waals surface area (Å²) in [4.78, 5) is 28.2. The second kappa shape index (κ2) is 4.20. The number of nitrogens with zero attached hydrogens (tertiary/aromatic N) is 3. The summed E-state index contributed by atoms with van der Waals surface area (Å²) in [5, 5.41) is 0. The molecule has 2 N–H and O–H groups in total. The molecule has 0 aromatic carbocycles. The lowest BCUT2D eigenvalue weighted by molar-refractivity contribution is 0.591. The quantitative estimate of drug-likeness (QED) is 0.782. The van der Waals surface area contributed by atoms with E-state index < -0.39 is 0 Å². The van der Waals surface area contributed by atoms with E-state index in [4.69, 9.17) is 5.73 Å². The lowest BCUT2D eigenvalue weighted by Crippen LogP contribution is -2.39. The van der Waals surface area contributed by atoms with Crippen LogP contribution in [-0.2, 0) is 20.5 Å². The molecule has 0 amide bonds. The van der Waals surface area contributed by atoms with E-state index in [0.29, 0.717) is 17.8 Å². The number of fused-ring (bicyclic) bond motifs is 1. The lowest BCUT2D eigenvalue weighted by atomic mass is 9.97. The van der Waals surface area contributed by atoms with Gasteiger partial charge in [-0.25, -0.2) is 9.79 Å². The van der Waals surface area contributed by atoms with Crippen molar-refractivity contribution in [1.29, 1.82) is 0 Å². The molecule has 0 fully saturated rings. The van der Waals surface area contributed by atoms with E-state index in [-0.39, 0.29) is 23.2 Å². The molecule has 0 saturated heterocycles. The molecule has 2 rings (SSSR count). The van der Waals surface area contributed by atoms with Crippen LogP contribution < -0.4 is 17.0 Å². The first-order valence-electron chi connectivity index (χ1n) is 5.96. The van der Waals surface area contributed by atoms with Crippen molar-refractivity contribution in [2.75, 3.05) is 0 Å². The summed E-state index contributed by atoms with van der Waals surface area (Å²) in [5.41, 5.74) is 6.75. The van der Waals surface area contributed by atoms with Gasteiger partial charge in [-0.15, -0.1) is 0 Å². The highest BCUT2D eigenvalue weighted by Crippen LogP contribution is 2.23. The molecule has 0 spiro atoms. The molecule has 0 unspecified atom stereocenters. The molecule has 0 bridgehead atoms. The van der Waals surface area contributed by atoms with Crippen LogP contribution >= 0.6 is 0 Å². The molecular formula is C12H18N4O2. The Bertz CT molecular complexity index is 637. The highest BCUT2D eigenvalue weighted by atomic mass is 16.2. The van der Waals surface area contributed by atoms with Crippen LogP contribution in [-0.4, -0.2) is 20.9 Å². The fourth-order valence-electron chi connectivity index (χ4n) is 2.13. The number of aliphatic imine (C=N–C) groups is 1. The van der Waals surface area contributed by atoms with Gasteiger partial charge < -0.3 is 5.73 Å². The van der Waals surface area contributed by atoms with Gasteiger partial charge >= 0.3 is 5.69 Å². The largest absolute Gasteiger partial charge is 0.332 e. The molecule has 6 heteroatoms. The molecule has 98 valence electrons. The SMILES string of the molecule is CC(C)[C@H](N)C1=Nc2c(c(=O)n(C)c(=O)n2C)C1. The number of hydrogen-bond donors (Lipinski definition) is 1. The van der Waals surface area contributed by atoms with Crippen LogP contribution in [0.25, 0.3) is 0 Å². The van der Waals surface area contributed by atoms with Gasteiger partial charge in [-0.2, -0.15) is 0 Å². The van der Waals surface area contributed by atoms with Crippen LogP contribution in [0.5, 0.6) is 0 Å². The van der Waals surface area contributed by atoms with Crippen LogP contribution in [0, 0.1) is 5.92 Å². The monoisotopic (exact) mass is 250 g/mol. The molecule has 18 heavy (non-hydrogen) atoms. The van der Waals surface area contributed by atoms with Crippen LogP contribution in [0.4, 0.5) is 5.82 Å². The van der Waals surface area contributed by atoms with Gasteiger partial charge in [0.2, 0.25) is 0 Å². The molecule has 1 aromatic rings. The van der Waals surface area contributed by atoms with Crippen molar-refractivity contribution in [2.45, 2.75) is 26.3 Å². The fraction of sp³-hybridized carbons (Fsp3) is 0.583. The van der Waals surface area contributed by atoms with E-state index >= 15 is 0 Å². The molecule has 1 aliphatic rings. The molecule has 0 aliphatic carbocycles. The smallest absolute Gasteiger partial charge is 0.323 e. The third-order valence-corrected chi connectivity index (χ3v) is 3.43. The zero-order chi connectivity index (χ0) is 13.6. The number of rotatable bonds is 2. The minimum absolute atomic E-state index is 0.183. The summed E-state index contributed by atoms with van der Waals surface area (Å²) in [6.07, 6.45) is 0.440. The summed E-state index contributed by atoms with van der Waals surface area (Å²) in [6.45, 7) is 4.01. The van der Waals surface area contributed by atoms with E-state index in [0.717, 1.165) is 10.3 Å². The first-order chi connectivity index (χ1) is 8.34. The first kappa shape index (κ1) is 12.8. The van der Waals surface area contributed by atoms with E-state index in [1.165, 1.54) is 11.6 Å². The zero-order valence-electron chi connectivity index (χ0n) is 11.1. The third-order valence-electron chi connectivity index (χ3n) is 3.43. The summed E-state index contributed by atoms with van der Waals surface area (Å²) < 4.78 is 2.51.